The molecule has 2 nitrogen and oxygen atoms in total. The van der Waals surface area contributed by atoms with Crippen LogP contribution in [0.25, 0.3) is 11.1 Å². The van der Waals surface area contributed by atoms with Crippen molar-refractivity contribution in [3.63, 3.8) is 0 Å². The van der Waals surface area contributed by atoms with Crippen molar-refractivity contribution in [1.29, 1.82) is 0 Å². The quantitative estimate of drug-likeness (QED) is 0.798. The van der Waals surface area contributed by atoms with Crippen molar-refractivity contribution < 1.29 is 14.6 Å². The molecular weight excluding hydrogens is 231 g/mol. The van der Waals surface area contributed by atoms with Gasteiger partial charge in [-0.1, -0.05) is 11.6 Å². The molecule has 0 atom stereocenters. The standard InChI is InChI=1S/C12H8ClFO2/c13-7-1-3-11(15)9(5-7)10-6-8(14)2-4-12(10)16/h1-6,15-16H. The van der Waals surface area contributed by atoms with Crippen molar-refractivity contribution in [1.82, 2.24) is 0 Å². The molecule has 2 N–H and O–H groups in total. The first kappa shape index (κ1) is 10.8. The Morgan fingerprint density at radius 1 is 0.875 bits per heavy atom. The van der Waals surface area contributed by atoms with Crippen molar-refractivity contribution in [3.05, 3.63) is 47.2 Å². The average molecular weight is 239 g/mol. The molecule has 0 aliphatic heterocycles. The number of phenols is 2. The number of aromatic hydroxyl groups is 2. The molecule has 0 fully saturated rings. The second-order valence-corrected chi connectivity index (χ2v) is 3.76. The Hall–Kier alpha value is -1.74. The number of hydrogen-bond donors (Lipinski definition) is 2. The molecular formula is C12H8ClFO2. The van der Waals surface area contributed by atoms with Crippen molar-refractivity contribution in [3.8, 4) is 22.6 Å². The zero-order valence-corrected chi connectivity index (χ0v) is 8.87. The molecule has 2 rings (SSSR count). The van der Waals surface area contributed by atoms with Gasteiger partial charge >= 0.3 is 0 Å². The third-order valence-electron chi connectivity index (χ3n) is 2.21. The van der Waals surface area contributed by atoms with E-state index in [9.17, 15) is 14.6 Å². The minimum absolute atomic E-state index is 0.0645. The predicted octanol–water partition coefficient (Wildman–Crippen LogP) is 3.56. The van der Waals surface area contributed by atoms with E-state index < -0.39 is 5.82 Å². The van der Waals surface area contributed by atoms with E-state index in [1.807, 2.05) is 0 Å². The molecule has 0 saturated heterocycles. The smallest absolute Gasteiger partial charge is 0.124 e. The molecule has 2 aromatic rings. The van der Waals surface area contributed by atoms with Gasteiger partial charge in [-0.3, -0.25) is 0 Å². The van der Waals surface area contributed by atoms with Gasteiger partial charge in [-0.05, 0) is 36.4 Å². The molecule has 0 aromatic heterocycles. The number of rotatable bonds is 1. The van der Waals surface area contributed by atoms with E-state index in [4.69, 9.17) is 11.6 Å². The van der Waals surface area contributed by atoms with Crippen LogP contribution in [0.1, 0.15) is 0 Å². The highest BCUT2D eigenvalue weighted by atomic mass is 35.5. The van der Waals surface area contributed by atoms with Crippen molar-refractivity contribution in [2.75, 3.05) is 0 Å². The Morgan fingerprint density at radius 2 is 1.44 bits per heavy atom. The van der Waals surface area contributed by atoms with Crippen LogP contribution >= 0.6 is 11.6 Å². The van der Waals surface area contributed by atoms with Crippen molar-refractivity contribution >= 4 is 11.6 Å². The summed E-state index contributed by atoms with van der Waals surface area (Å²) in [6, 6.07) is 7.87. The molecule has 0 spiro atoms. The van der Waals surface area contributed by atoms with Crippen LogP contribution in [0.15, 0.2) is 36.4 Å². The van der Waals surface area contributed by atoms with E-state index in [0.29, 0.717) is 10.6 Å². The summed E-state index contributed by atoms with van der Waals surface area (Å²) in [4.78, 5) is 0. The molecule has 2 aromatic carbocycles. The number of hydrogen-bond acceptors (Lipinski definition) is 2. The molecule has 4 heteroatoms. The lowest BCUT2D eigenvalue weighted by Gasteiger charge is -2.07. The van der Waals surface area contributed by atoms with Crippen molar-refractivity contribution in [2.24, 2.45) is 0 Å². The van der Waals surface area contributed by atoms with Gasteiger partial charge in [0, 0.05) is 16.1 Å². The van der Waals surface area contributed by atoms with Crippen LogP contribution in [0.5, 0.6) is 11.5 Å². The monoisotopic (exact) mass is 238 g/mol. The third-order valence-corrected chi connectivity index (χ3v) is 2.44. The second kappa shape index (κ2) is 4.02. The van der Waals surface area contributed by atoms with Gasteiger partial charge in [0.25, 0.3) is 0 Å². The summed E-state index contributed by atoms with van der Waals surface area (Å²) in [6.45, 7) is 0. The minimum Gasteiger partial charge on any atom is -0.507 e. The van der Waals surface area contributed by atoms with Crippen LogP contribution in [0, 0.1) is 5.82 Å². The Labute approximate surface area is 96.5 Å². The summed E-state index contributed by atoms with van der Waals surface area (Å²) in [7, 11) is 0. The molecule has 82 valence electrons. The van der Waals surface area contributed by atoms with Crippen LogP contribution in [0.3, 0.4) is 0 Å². The SMILES string of the molecule is Oc1ccc(F)cc1-c1cc(Cl)ccc1O. The number of phenolic OH excluding ortho intramolecular Hbond substituents is 2. The molecule has 0 aliphatic rings. The summed E-state index contributed by atoms with van der Waals surface area (Å²) >= 11 is 5.77. The maximum absolute atomic E-state index is 13.0. The Balaban J connectivity index is 2.66. The van der Waals surface area contributed by atoms with Gasteiger partial charge in [-0.25, -0.2) is 4.39 Å². The van der Waals surface area contributed by atoms with Gasteiger partial charge < -0.3 is 10.2 Å². The Morgan fingerprint density at radius 3 is 2.12 bits per heavy atom. The molecule has 0 saturated carbocycles. The minimum atomic E-state index is -0.493. The fraction of sp³-hybridized carbons (Fsp3) is 0. The lowest BCUT2D eigenvalue weighted by Crippen LogP contribution is -1.83. The highest BCUT2D eigenvalue weighted by Crippen LogP contribution is 2.37. The van der Waals surface area contributed by atoms with Crippen LogP contribution in [-0.2, 0) is 0 Å². The molecule has 0 radical (unpaired) electrons. The number of halogens is 2. The molecule has 0 bridgehead atoms. The summed E-state index contributed by atoms with van der Waals surface area (Å²) in [5, 5.41) is 19.6. The lowest BCUT2D eigenvalue weighted by atomic mass is 10.0. The maximum atomic E-state index is 13.0. The average Bonchev–Trinajstić information content (AvgIpc) is 2.25. The fourth-order valence-corrected chi connectivity index (χ4v) is 1.62. The molecule has 0 heterocycles. The molecule has 16 heavy (non-hydrogen) atoms. The van der Waals surface area contributed by atoms with Gasteiger partial charge in [-0.15, -0.1) is 0 Å². The van der Waals surface area contributed by atoms with E-state index >= 15 is 0 Å². The van der Waals surface area contributed by atoms with Gasteiger partial charge in [-0.2, -0.15) is 0 Å². The summed E-state index contributed by atoms with van der Waals surface area (Å²) in [5.74, 6) is -0.670. The highest BCUT2D eigenvalue weighted by Gasteiger charge is 2.10. The summed E-state index contributed by atoms with van der Waals surface area (Å²) in [5.41, 5.74) is 0.504. The maximum Gasteiger partial charge on any atom is 0.124 e. The Kier molecular flexibility index (Phi) is 2.71. The van der Waals surface area contributed by atoms with E-state index in [2.05, 4.69) is 0 Å². The van der Waals surface area contributed by atoms with Crippen LogP contribution < -0.4 is 0 Å². The van der Waals surface area contributed by atoms with Gasteiger partial charge in [0.05, 0.1) is 0 Å². The van der Waals surface area contributed by atoms with E-state index in [1.54, 1.807) is 0 Å². The highest BCUT2D eigenvalue weighted by molar-refractivity contribution is 6.31. The normalized spacial score (nSPS) is 10.4. The fourth-order valence-electron chi connectivity index (χ4n) is 1.45. The van der Waals surface area contributed by atoms with Crippen LogP contribution in [-0.4, -0.2) is 10.2 Å². The zero-order valence-electron chi connectivity index (χ0n) is 8.11. The van der Waals surface area contributed by atoms with E-state index in [1.165, 1.54) is 24.3 Å². The predicted molar refractivity (Wildman–Crippen MR) is 60.2 cm³/mol. The third kappa shape index (κ3) is 1.95. The van der Waals surface area contributed by atoms with E-state index in [0.717, 1.165) is 12.1 Å². The first-order valence-corrected chi connectivity index (χ1v) is 4.93. The summed E-state index contributed by atoms with van der Waals surface area (Å²) < 4.78 is 13.0. The van der Waals surface area contributed by atoms with E-state index in [-0.39, 0.29) is 17.1 Å². The zero-order chi connectivity index (χ0) is 11.7. The number of benzene rings is 2. The molecule has 0 aliphatic carbocycles. The Bertz CT molecular complexity index is 491. The largest absolute Gasteiger partial charge is 0.507 e. The first-order chi connectivity index (χ1) is 7.58. The topological polar surface area (TPSA) is 40.5 Å². The van der Waals surface area contributed by atoms with Crippen molar-refractivity contribution in [2.45, 2.75) is 0 Å². The molecule has 0 amide bonds. The van der Waals surface area contributed by atoms with Crippen LogP contribution in [0.2, 0.25) is 5.02 Å². The molecule has 0 unspecified atom stereocenters. The second-order valence-electron chi connectivity index (χ2n) is 3.32. The van der Waals surface area contributed by atoms with Crippen LogP contribution in [0.4, 0.5) is 4.39 Å². The first-order valence-electron chi connectivity index (χ1n) is 4.55. The van der Waals surface area contributed by atoms with Gasteiger partial charge in [0.2, 0.25) is 0 Å². The summed E-state index contributed by atoms with van der Waals surface area (Å²) in [6.07, 6.45) is 0. The van der Waals surface area contributed by atoms with Gasteiger partial charge in [0.1, 0.15) is 17.3 Å². The lowest BCUT2D eigenvalue weighted by molar-refractivity contribution is 0.468. The van der Waals surface area contributed by atoms with Gasteiger partial charge in [0.15, 0.2) is 0 Å².